The summed E-state index contributed by atoms with van der Waals surface area (Å²) in [6.45, 7) is 6.89. The van der Waals surface area contributed by atoms with Crippen molar-refractivity contribution in [3.63, 3.8) is 0 Å². The summed E-state index contributed by atoms with van der Waals surface area (Å²) < 4.78 is 0. The van der Waals surface area contributed by atoms with Gasteiger partial charge in [0.2, 0.25) is 5.91 Å². The highest BCUT2D eigenvalue weighted by Crippen LogP contribution is 2.31. The Kier molecular flexibility index (Phi) is 8.86. The van der Waals surface area contributed by atoms with Gasteiger partial charge in [0.1, 0.15) is 0 Å². The normalized spacial score (nSPS) is 25.0. The molecule has 3 rings (SSSR count). The standard InChI is InChI=1S/C21H32N4O.HI/c1-3-22-21(23-13-16-10-8-15(2)9-11-16)24-14-17-12-20(26)25-19-7-5-4-6-18(17)19;/h4-7,15-17H,3,8-14H2,1-2H3,(H,25,26)(H2,22,23,24);1H. The molecule has 0 saturated heterocycles. The number of guanidine groups is 1. The van der Waals surface area contributed by atoms with Crippen molar-refractivity contribution in [1.82, 2.24) is 10.6 Å². The van der Waals surface area contributed by atoms with Crippen molar-refractivity contribution in [2.45, 2.75) is 51.9 Å². The van der Waals surface area contributed by atoms with Crippen LogP contribution in [0.2, 0.25) is 0 Å². The van der Waals surface area contributed by atoms with Gasteiger partial charge in [-0.2, -0.15) is 0 Å². The fraction of sp³-hybridized carbons (Fsp3) is 0.619. The number of anilines is 1. The van der Waals surface area contributed by atoms with E-state index in [1.165, 1.54) is 31.2 Å². The number of benzene rings is 1. The number of amides is 1. The number of hydrogen-bond acceptors (Lipinski definition) is 2. The molecule has 1 unspecified atom stereocenters. The van der Waals surface area contributed by atoms with Crippen LogP contribution in [-0.2, 0) is 4.79 Å². The highest BCUT2D eigenvalue weighted by Gasteiger charge is 2.25. The fourth-order valence-corrected chi connectivity index (χ4v) is 3.98. The van der Waals surface area contributed by atoms with Crippen molar-refractivity contribution < 1.29 is 4.79 Å². The van der Waals surface area contributed by atoms with Crippen molar-refractivity contribution in [1.29, 1.82) is 0 Å². The molecule has 0 aromatic heterocycles. The van der Waals surface area contributed by atoms with Crippen molar-refractivity contribution in [3.8, 4) is 0 Å². The molecular weight excluding hydrogens is 451 g/mol. The van der Waals surface area contributed by atoms with E-state index in [-0.39, 0.29) is 35.8 Å². The molecule has 0 spiro atoms. The van der Waals surface area contributed by atoms with Gasteiger partial charge in [-0.15, -0.1) is 24.0 Å². The topological polar surface area (TPSA) is 65.5 Å². The van der Waals surface area contributed by atoms with Crippen molar-refractivity contribution in [2.24, 2.45) is 16.8 Å². The van der Waals surface area contributed by atoms with Crippen LogP contribution < -0.4 is 16.0 Å². The summed E-state index contributed by atoms with van der Waals surface area (Å²) in [4.78, 5) is 16.8. The van der Waals surface area contributed by atoms with E-state index in [0.29, 0.717) is 12.3 Å². The SMILES string of the molecule is CCNC(=NCC1CCC(C)CC1)NCC1CC(=O)Nc2ccccc21.I. The Balaban J connectivity index is 0.00000261. The van der Waals surface area contributed by atoms with Gasteiger partial charge < -0.3 is 16.0 Å². The molecule has 27 heavy (non-hydrogen) atoms. The maximum atomic E-state index is 12.0. The first-order valence-electron chi connectivity index (χ1n) is 10.1. The molecule has 1 heterocycles. The molecule has 1 fully saturated rings. The summed E-state index contributed by atoms with van der Waals surface area (Å²) in [5, 5.41) is 9.76. The Morgan fingerprint density at radius 1 is 1.19 bits per heavy atom. The van der Waals surface area contributed by atoms with Crippen LogP contribution in [0.1, 0.15) is 57.4 Å². The van der Waals surface area contributed by atoms with E-state index in [2.05, 4.69) is 35.9 Å². The predicted molar refractivity (Wildman–Crippen MR) is 123 cm³/mol. The number of fused-ring (bicyclic) bond motifs is 1. The fourth-order valence-electron chi connectivity index (χ4n) is 3.98. The third-order valence-corrected chi connectivity index (χ3v) is 5.61. The van der Waals surface area contributed by atoms with Gasteiger partial charge in [-0.1, -0.05) is 38.0 Å². The molecule has 1 amide bonds. The molecule has 0 bridgehead atoms. The minimum absolute atomic E-state index is 0. The van der Waals surface area contributed by atoms with E-state index >= 15 is 0 Å². The molecule has 2 aliphatic rings. The number of carbonyl (C=O) groups excluding carboxylic acids is 1. The zero-order chi connectivity index (χ0) is 18.4. The van der Waals surface area contributed by atoms with Gasteiger partial charge in [-0.25, -0.2) is 0 Å². The van der Waals surface area contributed by atoms with Crippen LogP contribution >= 0.6 is 24.0 Å². The first-order valence-corrected chi connectivity index (χ1v) is 10.1. The third-order valence-electron chi connectivity index (χ3n) is 5.61. The smallest absolute Gasteiger partial charge is 0.225 e. The lowest BCUT2D eigenvalue weighted by Gasteiger charge is -2.27. The maximum Gasteiger partial charge on any atom is 0.225 e. The Hall–Kier alpha value is -1.31. The summed E-state index contributed by atoms with van der Waals surface area (Å²) in [5.41, 5.74) is 2.14. The zero-order valence-corrected chi connectivity index (χ0v) is 18.8. The van der Waals surface area contributed by atoms with Crippen molar-refractivity contribution >= 4 is 41.5 Å². The number of nitrogens with zero attached hydrogens (tertiary/aromatic N) is 1. The molecule has 1 aromatic carbocycles. The van der Waals surface area contributed by atoms with Crippen LogP contribution in [0.25, 0.3) is 0 Å². The van der Waals surface area contributed by atoms with Crippen LogP contribution in [0.3, 0.4) is 0 Å². The monoisotopic (exact) mass is 484 g/mol. The molecule has 1 aliphatic heterocycles. The van der Waals surface area contributed by atoms with Crippen LogP contribution in [0.15, 0.2) is 29.3 Å². The van der Waals surface area contributed by atoms with Gasteiger partial charge >= 0.3 is 0 Å². The van der Waals surface area contributed by atoms with Crippen LogP contribution in [0, 0.1) is 11.8 Å². The molecule has 5 nitrogen and oxygen atoms in total. The van der Waals surface area contributed by atoms with Gasteiger partial charge in [0.25, 0.3) is 0 Å². The Morgan fingerprint density at radius 2 is 1.93 bits per heavy atom. The van der Waals surface area contributed by atoms with Crippen LogP contribution in [0.4, 0.5) is 5.69 Å². The number of para-hydroxylation sites is 1. The molecule has 1 aliphatic carbocycles. The van der Waals surface area contributed by atoms with E-state index in [1.54, 1.807) is 0 Å². The Morgan fingerprint density at radius 3 is 2.67 bits per heavy atom. The van der Waals surface area contributed by atoms with Gasteiger partial charge in [0.05, 0.1) is 0 Å². The highest BCUT2D eigenvalue weighted by molar-refractivity contribution is 14.0. The van der Waals surface area contributed by atoms with E-state index in [4.69, 9.17) is 4.99 Å². The van der Waals surface area contributed by atoms with Crippen molar-refractivity contribution in [2.75, 3.05) is 25.0 Å². The number of nitrogens with one attached hydrogen (secondary N) is 3. The van der Waals surface area contributed by atoms with Gasteiger partial charge in [-0.05, 0) is 43.2 Å². The lowest BCUT2D eigenvalue weighted by molar-refractivity contribution is -0.116. The lowest BCUT2D eigenvalue weighted by atomic mass is 9.83. The van der Waals surface area contributed by atoms with E-state index in [0.717, 1.165) is 37.2 Å². The molecule has 3 N–H and O–H groups in total. The summed E-state index contributed by atoms with van der Waals surface area (Å²) in [7, 11) is 0. The van der Waals surface area contributed by atoms with Crippen LogP contribution in [0.5, 0.6) is 0 Å². The Bertz CT molecular complexity index is 641. The summed E-state index contributed by atoms with van der Waals surface area (Å²) in [5.74, 6) is 2.73. The average molecular weight is 484 g/mol. The Labute approximate surface area is 180 Å². The summed E-state index contributed by atoms with van der Waals surface area (Å²) in [6, 6.07) is 8.08. The highest BCUT2D eigenvalue weighted by atomic mass is 127. The van der Waals surface area contributed by atoms with Gasteiger partial charge in [0.15, 0.2) is 5.96 Å². The second kappa shape index (κ2) is 10.9. The number of halogens is 1. The van der Waals surface area contributed by atoms with Gasteiger partial charge in [-0.3, -0.25) is 9.79 Å². The minimum atomic E-state index is 0. The maximum absolute atomic E-state index is 12.0. The van der Waals surface area contributed by atoms with E-state index in [9.17, 15) is 4.79 Å². The predicted octanol–water partition coefficient (Wildman–Crippen LogP) is 4.11. The first-order chi connectivity index (χ1) is 12.7. The average Bonchev–Trinajstić information content (AvgIpc) is 2.65. The number of hydrogen-bond donors (Lipinski definition) is 3. The molecule has 0 radical (unpaired) electrons. The molecule has 1 saturated carbocycles. The third kappa shape index (κ3) is 6.36. The molecule has 6 heteroatoms. The second-order valence-electron chi connectivity index (χ2n) is 7.76. The van der Waals surface area contributed by atoms with E-state index < -0.39 is 0 Å². The molecule has 1 aromatic rings. The molecular formula is C21H33IN4O. The summed E-state index contributed by atoms with van der Waals surface area (Å²) >= 11 is 0. The van der Waals surface area contributed by atoms with Crippen molar-refractivity contribution in [3.05, 3.63) is 29.8 Å². The molecule has 1 atom stereocenters. The van der Waals surface area contributed by atoms with Gasteiger partial charge in [0, 0.05) is 37.7 Å². The van der Waals surface area contributed by atoms with Crippen LogP contribution in [-0.4, -0.2) is 31.5 Å². The summed E-state index contributed by atoms with van der Waals surface area (Å²) in [6.07, 6.45) is 5.76. The minimum Gasteiger partial charge on any atom is -0.357 e. The largest absolute Gasteiger partial charge is 0.357 e. The lowest BCUT2D eigenvalue weighted by Crippen LogP contribution is -2.41. The number of rotatable bonds is 5. The zero-order valence-electron chi connectivity index (χ0n) is 16.5. The molecule has 150 valence electrons. The number of carbonyl (C=O) groups is 1. The number of aliphatic imine (C=N–C) groups is 1. The second-order valence-corrected chi connectivity index (χ2v) is 7.76. The van der Waals surface area contributed by atoms with E-state index in [1.807, 2.05) is 18.2 Å². The quantitative estimate of drug-likeness (QED) is 0.335. The first kappa shape index (κ1) is 22.0.